The van der Waals surface area contributed by atoms with Crippen LogP contribution in [0.2, 0.25) is 0 Å². The molecule has 2 atom stereocenters. The molecule has 1 N–H and O–H groups in total. The first-order chi connectivity index (χ1) is 12.2. The number of benzene rings is 2. The molecule has 0 radical (unpaired) electrons. The van der Waals surface area contributed by atoms with E-state index in [9.17, 15) is 9.18 Å². The molecule has 1 aliphatic rings. The first-order valence-corrected chi connectivity index (χ1v) is 7.97. The fourth-order valence-electron chi connectivity index (χ4n) is 2.73. The van der Waals surface area contributed by atoms with E-state index in [0.29, 0.717) is 36.5 Å². The number of carbonyl (C=O) groups is 1. The number of ether oxygens (including phenoxy) is 2. The summed E-state index contributed by atoms with van der Waals surface area (Å²) < 4.78 is 24.5. The van der Waals surface area contributed by atoms with Crippen molar-refractivity contribution >= 4 is 5.91 Å². The Bertz CT molecular complexity index is 803. The molecule has 2 aromatic rings. The Morgan fingerprint density at radius 1 is 1.28 bits per heavy atom. The number of hydrogen-bond acceptors (Lipinski definition) is 4. The predicted molar refractivity (Wildman–Crippen MR) is 88.7 cm³/mol. The molecule has 1 aliphatic heterocycles. The summed E-state index contributed by atoms with van der Waals surface area (Å²) in [4.78, 5) is 12.5. The van der Waals surface area contributed by atoms with Gasteiger partial charge < -0.3 is 14.8 Å². The second-order valence-corrected chi connectivity index (χ2v) is 5.71. The van der Waals surface area contributed by atoms with Gasteiger partial charge in [-0.25, -0.2) is 4.39 Å². The number of hydrogen-bond donors (Lipinski definition) is 1. The monoisotopic (exact) mass is 340 g/mol. The van der Waals surface area contributed by atoms with Gasteiger partial charge in [-0.05, 0) is 30.7 Å². The van der Waals surface area contributed by atoms with Crippen molar-refractivity contribution in [2.45, 2.75) is 18.6 Å². The molecule has 6 heteroatoms. The minimum absolute atomic E-state index is 0.293. The van der Waals surface area contributed by atoms with Crippen molar-refractivity contribution in [2.75, 3.05) is 13.2 Å². The molecule has 3 rings (SSSR count). The standard InChI is InChI=1S/C19H17FN2O3/c20-14-5-3-6-15(10-14)25-18-12-24-9-8-17(18)22-19(23)16-7-2-1-4-13(16)11-21/h1-7,10,17-18H,8-9,12H2,(H,22,23)/t17-,18-/m0/s1. The Balaban J connectivity index is 1.73. The normalized spacial score (nSPS) is 19.7. The zero-order valence-electron chi connectivity index (χ0n) is 13.4. The van der Waals surface area contributed by atoms with Crippen molar-refractivity contribution in [3.05, 3.63) is 65.5 Å². The average Bonchev–Trinajstić information content (AvgIpc) is 2.63. The van der Waals surface area contributed by atoms with Gasteiger partial charge in [-0.3, -0.25) is 4.79 Å². The second kappa shape index (κ2) is 7.77. The van der Waals surface area contributed by atoms with E-state index >= 15 is 0 Å². The molecule has 0 saturated carbocycles. The zero-order valence-corrected chi connectivity index (χ0v) is 13.4. The number of halogens is 1. The van der Waals surface area contributed by atoms with Crippen molar-refractivity contribution in [1.82, 2.24) is 5.32 Å². The van der Waals surface area contributed by atoms with Crippen LogP contribution in [0, 0.1) is 17.1 Å². The molecular formula is C19H17FN2O3. The highest BCUT2D eigenvalue weighted by atomic mass is 19.1. The molecule has 2 aromatic carbocycles. The lowest BCUT2D eigenvalue weighted by atomic mass is 10.0. The molecule has 0 aromatic heterocycles. The minimum atomic E-state index is -0.436. The lowest BCUT2D eigenvalue weighted by Crippen LogP contribution is -2.51. The third kappa shape index (κ3) is 4.14. The maximum atomic E-state index is 13.3. The fraction of sp³-hybridized carbons (Fsp3) is 0.263. The third-order valence-corrected chi connectivity index (χ3v) is 4.00. The van der Waals surface area contributed by atoms with Gasteiger partial charge in [0.1, 0.15) is 17.7 Å². The highest BCUT2D eigenvalue weighted by Crippen LogP contribution is 2.19. The van der Waals surface area contributed by atoms with E-state index in [1.54, 1.807) is 36.4 Å². The van der Waals surface area contributed by atoms with Gasteiger partial charge in [-0.15, -0.1) is 0 Å². The summed E-state index contributed by atoms with van der Waals surface area (Å²) >= 11 is 0. The molecule has 25 heavy (non-hydrogen) atoms. The largest absolute Gasteiger partial charge is 0.486 e. The number of nitrogens with zero attached hydrogens (tertiary/aromatic N) is 1. The van der Waals surface area contributed by atoms with Crippen LogP contribution in [0.3, 0.4) is 0 Å². The first kappa shape index (κ1) is 16.9. The van der Waals surface area contributed by atoms with E-state index in [2.05, 4.69) is 5.32 Å². The molecule has 1 heterocycles. The van der Waals surface area contributed by atoms with Crippen LogP contribution in [-0.2, 0) is 4.74 Å². The van der Waals surface area contributed by atoms with E-state index in [1.165, 1.54) is 12.1 Å². The Labute approximate surface area is 145 Å². The minimum Gasteiger partial charge on any atom is -0.486 e. The summed E-state index contributed by atoms with van der Waals surface area (Å²) in [6.07, 6.45) is 0.134. The van der Waals surface area contributed by atoms with Crippen molar-refractivity contribution < 1.29 is 18.7 Å². The molecule has 1 fully saturated rings. The quantitative estimate of drug-likeness (QED) is 0.929. The van der Waals surface area contributed by atoms with Gasteiger partial charge in [0.05, 0.1) is 29.8 Å². The Hall–Kier alpha value is -2.91. The summed E-state index contributed by atoms with van der Waals surface area (Å²) in [5, 5.41) is 12.0. The molecule has 1 amide bonds. The first-order valence-electron chi connectivity index (χ1n) is 7.97. The van der Waals surface area contributed by atoms with Crippen LogP contribution in [0.1, 0.15) is 22.3 Å². The molecular weight excluding hydrogens is 323 g/mol. The van der Waals surface area contributed by atoms with Crippen molar-refractivity contribution in [3.63, 3.8) is 0 Å². The van der Waals surface area contributed by atoms with Crippen molar-refractivity contribution in [3.8, 4) is 11.8 Å². The Morgan fingerprint density at radius 2 is 2.12 bits per heavy atom. The maximum absolute atomic E-state index is 13.3. The van der Waals surface area contributed by atoms with Crippen LogP contribution < -0.4 is 10.1 Å². The highest BCUT2D eigenvalue weighted by molar-refractivity contribution is 5.96. The average molecular weight is 340 g/mol. The lowest BCUT2D eigenvalue weighted by molar-refractivity contribution is -0.0136. The fourth-order valence-corrected chi connectivity index (χ4v) is 2.73. The molecule has 128 valence electrons. The van der Waals surface area contributed by atoms with Gasteiger partial charge in [-0.1, -0.05) is 18.2 Å². The molecule has 0 unspecified atom stereocenters. The SMILES string of the molecule is N#Cc1ccccc1C(=O)N[C@H]1CCOC[C@@H]1Oc1cccc(F)c1. The van der Waals surface area contributed by atoms with Gasteiger partial charge in [0, 0.05) is 12.7 Å². The Kier molecular flexibility index (Phi) is 5.26. The lowest BCUT2D eigenvalue weighted by Gasteiger charge is -2.32. The third-order valence-electron chi connectivity index (χ3n) is 4.00. The van der Waals surface area contributed by atoms with Gasteiger partial charge in [0.15, 0.2) is 0 Å². The van der Waals surface area contributed by atoms with E-state index in [4.69, 9.17) is 14.7 Å². The van der Waals surface area contributed by atoms with Crippen LogP contribution in [0.25, 0.3) is 0 Å². The van der Waals surface area contributed by atoms with E-state index in [1.807, 2.05) is 6.07 Å². The van der Waals surface area contributed by atoms with Crippen molar-refractivity contribution in [1.29, 1.82) is 5.26 Å². The van der Waals surface area contributed by atoms with Gasteiger partial charge in [-0.2, -0.15) is 5.26 Å². The summed E-state index contributed by atoms with van der Waals surface area (Å²) in [7, 11) is 0. The van der Waals surface area contributed by atoms with Crippen molar-refractivity contribution in [2.24, 2.45) is 0 Å². The molecule has 0 spiro atoms. The predicted octanol–water partition coefficient (Wildman–Crippen LogP) is 2.66. The summed E-state index contributed by atoms with van der Waals surface area (Å²) in [5.41, 5.74) is 0.635. The number of nitriles is 1. The summed E-state index contributed by atoms with van der Waals surface area (Å²) in [6.45, 7) is 0.787. The molecule has 0 bridgehead atoms. The van der Waals surface area contributed by atoms with E-state index in [-0.39, 0.29) is 11.9 Å². The number of carbonyl (C=O) groups excluding carboxylic acids is 1. The van der Waals surface area contributed by atoms with Gasteiger partial charge in [0.2, 0.25) is 0 Å². The number of amides is 1. The van der Waals surface area contributed by atoms with E-state index in [0.717, 1.165) is 0 Å². The summed E-state index contributed by atoms with van der Waals surface area (Å²) in [5.74, 6) is -0.346. The molecule has 5 nitrogen and oxygen atoms in total. The number of rotatable bonds is 4. The number of nitrogens with one attached hydrogen (secondary N) is 1. The zero-order chi connectivity index (χ0) is 17.6. The van der Waals surface area contributed by atoms with Crippen LogP contribution in [0.4, 0.5) is 4.39 Å². The highest BCUT2D eigenvalue weighted by Gasteiger charge is 2.29. The Morgan fingerprint density at radius 3 is 2.92 bits per heavy atom. The maximum Gasteiger partial charge on any atom is 0.252 e. The van der Waals surface area contributed by atoms with Gasteiger partial charge >= 0.3 is 0 Å². The molecule has 0 aliphatic carbocycles. The van der Waals surface area contributed by atoms with Crippen LogP contribution in [0.15, 0.2) is 48.5 Å². The van der Waals surface area contributed by atoms with Crippen LogP contribution in [0.5, 0.6) is 5.75 Å². The second-order valence-electron chi connectivity index (χ2n) is 5.71. The van der Waals surface area contributed by atoms with E-state index < -0.39 is 11.9 Å². The molecule has 1 saturated heterocycles. The van der Waals surface area contributed by atoms with Crippen LogP contribution >= 0.6 is 0 Å². The van der Waals surface area contributed by atoms with Gasteiger partial charge in [0.25, 0.3) is 5.91 Å². The smallest absolute Gasteiger partial charge is 0.252 e. The van der Waals surface area contributed by atoms with Crippen LogP contribution in [-0.4, -0.2) is 31.3 Å². The summed E-state index contributed by atoms with van der Waals surface area (Å²) in [6, 6.07) is 14.2. The topological polar surface area (TPSA) is 71.4 Å².